The molecule has 0 fully saturated rings. The first kappa shape index (κ1) is 14.9. The summed E-state index contributed by atoms with van der Waals surface area (Å²) in [5.41, 5.74) is 3.52. The SMILES string of the molecule is CCc1nnc(NC(C)c2cccnc2)c(C#N)c1CC. The quantitative estimate of drug-likeness (QED) is 0.911. The van der Waals surface area contributed by atoms with Gasteiger partial charge in [0.2, 0.25) is 0 Å². The maximum atomic E-state index is 9.46. The minimum atomic E-state index is 0.0114. The summed E-state index contributed by atoms with van der Waals surface area (Å²) in [6.07, 6.45) is 5.10. The van der Waals surface area contributed by atoms with Gasteiger partial charge in [-0.1, -0.05) is 19.9 Å². The van der Waals surface area contributed by atoms with Crippen LogP contribution in [0.4, 0.5) is 5.82 Å². The van der Waals surface area contributed by atoms with Crippen LogP contribution in [0.3, 0.4) is 0 Å². The highest BCUT2D eigenvalue weighted by atomic mass is 15.2. The number of nitriles is 1. The van der Waals surface area contributed by atoms with Crippen LogP contribution >= 0.6 is 0 Å². The summed E-state index contributed by atoms with van der Waals surface area (Å²) in [6, 6.07) is 6.16. The lowest BCUT2D eigenvalue weighted by atomic mass is 10.0. The third-order valence-corrected chi connectivity index (χ3v) is 3.50. The van der Waals surface area contributed by atoms with Crippen LogP contribution in [0.2, 0.25) is 0 Å². The zero-order chi connectivity index (χ0) is 15.2. The van der Waals surface area contributed by atoms with Gasteiger partial charge in [0, 0.05) is 12.4 Å². The van der Waals surface area contributed by atoms with E-state index >= 15 is 0 Å². The molecular weight excluding hydrogens is 262 g/mol. The highest BCUT2D eigenvalue weighted by Crippen LogP contribution is 2.23. The number of anilines is 1. The van der Waals surface area contributed by atoms with Crippen molar-refractivity contribution in [2.24, 2.45) is 0 Å². The first-order valence-corrected chi connectivity index (χ1v) is 7.16. The number of aromatic nitrogens is 3. The first-order valence-electron chi connectivity index (χ1n) is 7.16. The summed E-state index contributed by atoms with van der Waals surface area (Å²) in [5, 5.41) is 21.2. The molecule has 0 saturated carbocycles. The molecule has 0 spiro atoms. The summed E-state index contributed by atoms with van der Waals surface area (Å²) in [6.45, 7) is 6.07. The third kappa shape index (κ3) is 3.16. The van der Waals surface area contributed by atoms with Crippen molar-refractivity contribution < 1.29 is 0 Å². The maximum Gasteiger partial charge on any atom is 0.167 e. The monoisotopic (exact) mass is 281 g/mol. The van der Waals surface area contributed by atoms with Crippen molar-refractivity contribution in [1.82, 2.24) is 15.2 Å². The highest BCUT2D eigenvalue weighted by Gasteiger charge is 2.16. The maximum absolute atomic E-state index is 9.46. The van der Waals surface area contributed by atoms with E-state index in [9.17, 15) is 5.26 Å². The average Bonchev–Trinajstić information content (AvgIpc) is 2.54. The molecule has 0 aliphatic carbocycles. The average molecular weight is 281 g/mol. The molecule has 0 aromatic carbocycles. The number of aryl methyl sites for hydroxylation is 1. The van der Waals surface area contributed by atoms with Gasteiger partial charge >= 0.3 is 0 Å². The topological polar surface area (TPSA) is 74.5 Å². The summed E-state index contributed by atoms with van der Waals surface area (Å²) >= 11 is 0. The zero-order valence-electron chi connectivity index (χ0n) is 12.6. The van der Waals surface area contributed by atoms with Crippen molar-refractivity contribution in [1.29, 1.82) is 5.26 Å². The second kappa shape index (κ2) is 6.80. The van der Waals surface area contributed by atoms with Gasteiger partial charge in [-0.05, 0) is 37.0 Å². The molecule has 21 heavy (non-hydrogen) atoms. The van der Waals surface area contributed by atoms with E-state index in [1.807, 2.05) is 32.9 Å². The van der Waals surface area contributed by atoms with Gasteiger partial charge in [-0.2, -0.15) is 10.4 Å². The van der Waals surface area contributed by atoms with Crippen LogP contribution in [0.25, 0.3) is 0 Å². The van der Waals surface area contributed by atoms with Gasteiger partial charge in [0.1, 0.15) is 11.6 Å². The molecule has 1 atom stereocenters. The van der Waals surface area contributed by atoms with E-state index in [4.69, 9.17) is 0 Å². The smallest absolute Gasteiger partial charge is 0.167 e. The molecule has 0 bridgehead atoms. The van der Waals surface area contributed by atoms with E-state index in [0.717, 1.165) is 29.7 Å². The van der Waals surface area contributed by atoms with Crippen LogP contribution in [0.15, 0.2) is 24.5 Å². The predicted molar refractivity (Wildman–Crippen MR) is 81.8 cm³/mol. The van der Waals surface area contributed by atoms with Gasteiger partial charge in [-0.3, -0.25) is 4.98 Å². The standard InChI is InChI=1S/C16H19N5/c1-4-13-14(9-17)16(21-20-15(13)5-2)19-11(3)12-7-6-8-18-10-12/h6-8,10-11H,4-5H2,1-3H3,(H,19,21). The van der Waals surface area contributed by atoms with Gasteiger partial charge in [-0.25, -0.2) is 0 Å². The third-order valence-electron chi connectivity index (χ3n) is 3.50. The van der Waals surface area contributed by atoms with Crippen molar-refractivity contribution in [3.8, 4) is 6.07 Å². The summed E-state index contributed by atoms with van der Waals surface area (Å²) in [4.78, 5) is 4.11. The van der Waals surface area contributed by atoms with E-state index in [2.05, 4.69) is 26.6 Å². The molecule has 2 heterocycles. The van der Waals surface area contributed by atoms with E-state index < -0.39 is 0 Å². The van der Waals surface area contributed by atoms with Gasteiger partial charge in [0.15, 0.2) is 5.82 Å². The van der Waals surface area contributed by atoms with E-state index in [1.54, 1.807) is 12.4 Å². The van der Waals surface area contributed by atoms with Gasteiger partial charge in [0.05, 0.1) is 11.7 Å². The van der Waals surface area contributed by atoms with Gasteiger partial charge in [-0.15, -0.1) is 5.10 Å². The number of nitrogens with one attached hydrogen (secondary N) is 1. The Hall–Kier alpha value is -2.48. The highest BCUT2D eigenvalue weighted by molar-refractivity contribution is 5.57. The Morgan fingerprint density at radius 1 is 1.29 bits per heavy atom. The fourth-order valence-corrected chi connectivity index (χ4v) is 2.31. The summed E-state index contributed by atoms with van der Waals surface area (Å²) in [7, 11) is 0. The molecule has 0 aliphatic rings. The second-order valence-corrected chi connectivity index (χ2v) is 4.82. The molecule has 108 valence electrons. The molecule has 5 heteroatoms. The lowest BCUT2D eigenvalue weighted by Crippen LogP contribution is -2.13. The Labute approximate surface area is 125 Å². The largest absolute Gasteiger partial charge is 0.361 e. The van der Waals surface area contributed by atoms with Crippen molar-refractivity contribution >= 4 is 5.82 Å². The fourth-order valence-electron chi connectivity index (χ4n) is 2.31. The van der Waals surface area contributed by atoms with Crippen LogP contribution in [0.1, 0.15) is 49.2 Å². The van der Waals surface area contributed by atoms with Crippen LogP contribution in [0, 0.1) is 11.3 Å². The van der Waals surface area contributed by atoms with Crippen LogP contribution < -0.4 is 5.32 Å². The minimum absolute atomic E-state index is 0.0114. The number of hydrogen-bond donors (Lipinski definition) is 1. The molecule has 2 rings (SSSR count). The van der Waals surface area contributed by atoms with E-state index in [0.29, 0.717) is 11.4 Å². The molecular formula is C16H19N5. The van der Waals surface area contributed by atoms with Gasteiger partial charge in [0.25, 0.3) is 0 Å². The number of pyridine rings is 1. The number of nitrogens with zero attached hydrogens (tertiary/aromatic N) is 4. The lowest BCUT2D eigenvalue weighted by Gasteiger charge is -2.17. The normalized spacial score (nSPS) is 11.7. The van der Waals surface area contributed by atoms with Crippen molar-refractivity contribution in [2.75, 3.05) is 5.32 Å². The Kier molecular flexibility index (Phi) is 4.83. The van der Waals surface area contributed by atoms with E-state index in [1.165, 1.54) is 0 Å². The Bertz CT molecular complexity index is 646. The van der Waals surface area contributed by atoms with E-state index in [-0.39, 0.29) is 6.04 Å². The molecule has 0 aliphatic heterocycles. The number of hydrogen-bond acceptors (Lipinski definition) is 5. The van der Waals surface area contributed by atoms with Crippen LogP contribution in [-0.4, -0.2) is 15.2 Å². The molecule has 2 aromatic heterocycles. The predicted octanol–water partition coefficient (Wildman–Crippen LogP) is 3.04. The molecule has 5 nitrogen and oxygen atoms in total. The van der Waals surface area contributed by atoms with Gasteiger partial charge < -0.3 is 5.32 Å². The molecule has 2 aromatic rings. The Balaban J connectivity index is 2.35. The van der Waals surface area contributed by atoms with Crippen LogP contribution in [-0.2, 0) is 12.8 Å². The van der Waals surface area contributed by atoms with Crippen molar-refractivity contribution in [3.05, 3.63) is 46.9 Å². The molecule has 0 saturated heterocycles. The zero-order valence-corrected chi connectivity index (χ0v) is 12.6. The summed E-state index contributed by atoms with van der Waals surface area (Å²) < 4.78 is 0. The van der Waals surface area contributed by atoms with Crippen molar-refractivity contribution in [3.63, 3.8) is 0 Å². The molecule has 1 N–H and O–H groups in total. The van der Waals surface area contributed by atoms with Crippen molar-refractivity contribution in [2.45, 2.75) is 39.7 Å². The van der Waals surface area contributed by atoms with Crippen LogP contribution in [0.5, 0.6) is 0 Å². The minimum Gasteiger partial charge on any atom is -0.361 e. The number of rotatable bonds is 5. The second-order valence-electron chi connectivity index (χ2n) is 4.82. The molecule has 0 amide bonds. The Morgan fingerprint density at radius 2 is 2.10 bits per heavy atom. The lowest BCUT2D eigenvalue weighted by molar-refractivity contribution is 0.825. The molecule has 0 radical (unpaired) electrons. The Morgan fingerprint density at radius 3 is 2.67 bits per heavy atom. The molecule has 1 unspecified atom stereocenters. The summed E-state index contributed by atoms with van der Waals surface area (Å²) in [5.74, 6) is 0.544. The fraction of sp³-hybridized carbons (Fsp3) is 0.375. The first-order chi connectivity index (χ1) is 10.2.